The van der Waals surface area contributed by atoms with Crippen LogP contribution in [0.2, 0.25) is 0 Å². The van der Waals surface area contributed by atoms with E-state index < -0.39 is 5.97 Å². The van der Waals surface area contributed by atoms with E-state index in [-0.39, 0.29) is 6.61 Å². The van der Waals surface area contributed by atoms with Crippen molar-refractivity contribution in [1.29, 1.82) is 0 Å². The third kappa shape index (κ3) is 2.48. The standard InChI is InChI=1S/C11H11O2.Rf/c1-3-13-11(12)9(2)10-7-5-4-6-8-10;/h4-8H,1-3H2;/q-1;. The number of benzene rings is 1. The van der Waals surface area contributed by atoms with E-state index in [1.165, 1.54) is 0 Å². The van der Waals surface area contributed by atoms with Gasteiger partial charge in [-0.3, -0.25) is 0 Å². The van der Waals surface area contributed by atoms with Crippen LogP contribution in [0.15, 0.2) is 36.9 Å². The van der Waals surface area contributed by atoms with Crippen molar-refractivity contribution in [2.45, 2.75) is 0 Å². The van der Waals surface area contributed by atoms with E-state index >= 15 is 0 Å². The van der Waals surface area contributed by atoms with Crippen LogP contribution >= 0.6 is 0 Å². The van der Waals surface area contributed by atoms with Crippen LogP contribution in [0.4, 0.5) is 0 Å². The fourth-order valence-electron chi connectivity index (χ4n) is 0.937. The first-order valence-electron chi connectivity index (χ1n) is 3.96. The molecule has 0 amide bonds. The van der Waals surface area contributed by atoms with Gasteiger partial charge < -0.3 is 11.7 Å². The molecule has 0 heterocycles. The van der Waals surface area contributed by atoms with Crippen molar-refractivity contribution < 1.29 is 9.53 Å². The number of carbonyl (C=O) groups is 1. The van der Waals surface area contributed by atoms with Gasteiger partial charge in [-0.25, -0.2) is 4.79 Å². The number of esters is 1. The van der Waals surface area contributed by atoms with Gasteiger partial charge in [0.25, 0.3) is 0 Å². The van der Waals surface area contributed by atoms with Crippen LogP contribution < -0.4 is 0 Å². The molecule has 0 radical (unpaired) electrons. The molecule has 1 aromatic carbocycles. The Morgan fingerprint density at radius 2 is 1.93 bits per heavy atom. The monoisotopic (exact) mass is 442 g/mol. The summed E-state index contributed by atoms with van der Waals surface area (Å²) in [4.78, 5) is 11.2. The average Bonchev–Trinajstić information content (AvgIpc) is 2.18. The van der Waals surface area contributed by atoms with Crippen molar-refractivity contribution in [1.82, 2.24) is 0 Å². The first-order valence-corrected chi connectivity index (χ1v) is 3.96. The summed E-state index contributed by atoms with van der Waals surface area (Å²) in [5.74, 6) is -0.416. The number of carbonyl (C=O) groups excluding carboxylic acids is 1. The second-order valence-corrected chi connectivity index (χ2v) is 2.48. The van der Waals surface area contributed by atoms with Gasteiger partial charge in [0.15, 0.2) is 0 Å². The summed E-state index contributed by atoms with van der Waals surface area (Å²) >= 11 is 0. The van der Waals surface area contributed by atoms with Crippen molar-refractivity contribution >= 4 is 11.5 Å². The third-order valence-corrected chi connectivity index (χ3v) is 1.60. The molecule has 0 fully saturated rings. The van der Waals surface area contributed by atoms with Gasteiger partial charge in [0.2, 0.25) is 0 Å². The largest absolute Gasteiger partial charge is 0.495 e. The molecule has 14 heavy (non-hydrogen) atoms. The van der Waals surface area contributed by atoms with Gasteiger partial charge in [-0.1, -0.05) is 36.9 Å². The van der Waals surface area contributed by atoms with E-state index in [2.05, 4.69) is 13.5 Å². The Kier molecular flexibility index (Phi) is 4.20. The van der Waals surface area contributed by atoms with Gasteiger partial charge in [-0.15, -0.1) is 0 Å². The van der Waals surface area contributed by atoms with E-state index in [1.54, 1.807) is 0 Å². The molecule has 0 aliphatic rings. The van der Waals surface area contributed by atoms with Crippen molar-refractivity contribution in [2.24, 2.45) is 0 Å². The van der Waals surface area contributed by atoms with Crippen LogP contribution in [0.1, 0.15) is 5.56 Å². The van der Waals surface area contributed by atoms with Gasteiger partial charge in [0.05, 0.1) is 5.57 Å². The number of ether oxygens (including phenoxy) is 1. The van der Waals surface area contributed by atoms with Crippen molar-refractivity contribution in [3.05, 3.63) is 49.4 Å². The summed E-state index contributed by atoms with van der Waals surface area (Å²) in [6, 6.07) is 9.19. The SMILES string of the molecule is C=C(C(=O)OC[CH2-])c1ccccc1.[Rf]. The van der Waals surface area contributed by atoms with Crippen molar-refractivity contribution in [3.63, 3.8) is 0 Å². The van der Waals surface area contributed by atoms with E-state index in [9.17, 15) is 4.79 Å². The van der Waals surface area contributed by atoms with Crippen LogP contribution in [0.3, 0.4) is 0 Å². The molecular weight excluding hydrogens is 431 g/mol. The average molecular weight is 442 g/mol. The summed E-state index contributed by atoms with van der Waals surface area (Å²) < 4.78 is 4.71. The molecule has 0 unspecified atom stereocenters. The minimum absolute atomic E-state index is 0. The minimum Gasteiger partial charge on any atom is -0.495 e. The molecule has 2 nitrogen and oxygen atoms in total. The Labute approximate surface area is 77.8 Å². The second kappa shape index (κ2) is 5.14. The van der Waals surface area contributed by atoms with E-state index in [0.29, 0.717) is 5.57 Å². The maximum absolute atomic E-state index is 11.2. The first-order chi connectivity index (χ1) is 6.25. The van der Waals surface area contributed by atoms with E-state index in [4.69, 9.17) is 4.74 Å². The topological polar surface area (TPSA) is 26.3 Å². The molecule has 0 bridgehead atoms. The van der Waals surface area contributed by atoms with Crippen molar-refractivity contribution in [3.8, 4) is 0 Å². The minimum atomic E-state index is -0.416. The molecule has 0 atom stereocenters. The molecule has 0 N–H and O–H groups in total. The van der Waals surface area contributed by atoms with Gasteiger partial charge in [-0.05, 0) is 12.2 Å². The fraction of sp³-hybridized carbons (Fsp3) is 0.0909. The van der Waals surface area contributed by atoms with Gasteiger partial charge in [-0.2, -0.15) is 0 Å². The Bertz CT molecular complexity index is 306. The summed E-state index contributed by atoms with van der Waals surface area (Å²) in [7, 11) is 0. The molecule has 3 heteroatoms. The van der Waals surface area contributed by atoms with Gasteiger partial charge in [0.1, 0.15) is 0 Å². The Hall–Kier alpha value is -2.57. The van der Waals surface area contributed by atoms with Crippen LogP contribution in [0.5, 0.6) is 0 Å². The van der Waals surface area contributed by atoms with Crippen molar-refractivity contribution in [2.75, 3.05) is 6.61 Å². The summed E-state index contributed by atoms with van der Waals surface area (Å²) in [5.41, 5.74) is 1.14. The fourth-order valence-corrected chi connectivity index (χ4v) is 0.937. The Balaban J connectivity index is 0.00000169. The quantitative estimate of drug-likeness (QED) is 0.407. The third-order valence-electron chi connectivity index (χ3n) is 1.60. The molecule has 0 spiro atoms. The van der Waals surface area contributed by atoms with Gasteiger partial charge in [0, 0.05) is 0 Å². The number of hydrogen-bond acceptors (Lipinski definition) is 2. The van der Waals surface area contributed by atoms with Crippen LogP contribution in [-0.2, 0) is 9.53 Å². The Morgan fingerprint density at radius 3 is 2.43 bits per heavy atom. The number of rotatable bonds is 3. The summed E-state index contributed by atoms with van der Waals surface area (Å²) in [6.45, 7) is 7.19. The summed E-state index contributed by atoms with van der Waals surface area (Å²) in [6.07, 6.45) is 0. The second-order valence-electron chi connectivity index (χ2n) is 2.48. The van der Waals surface area contributed by atoms with Crippen LogP contribution in [0, 0.1) is 6.92 Å². The van der Waals surface area contributed by atoms with E-state index in [0.717, 1.165) is 5.56 Å². The molecular formula is C11H11O2Rf-. The molecule has 0 saturated heterocycles. The first kappa shape index (κ1) is 11.4. The van der Waals surface area contributed by atoms with Crippen LogP contribution in [0.25, 0.3) is 5.57 Å². The molecule has 70 valence electrons. The molecule has 1 rings (SSSR count). The maximum Gasteiger partial charge on any atom is 0.335 e. The molecule has 0 aromatic heterocycles. The molecule has 0 aliphatic heterocycles. The van der Waals surface area contributed by atoms with E-state index in [1.807, 2.05) is 30.3 Å². The molecule has 1 aromatic rings. The maximum atomic E-state index is 11.2. The van der Waals surface area contributed by atoms with Gasteiger partial charge >= 0.3 is 5.97 Å². The normalized spacial score (nSPS) is 8.64. The molecule has 0 saturated carbocycles. The Morgan fingerprint density at radius 1 is 1.36 bits per heavy atom. The zero-order chi connectivity index (χ0) is 9.68. The number of hydrogen-bond donors (Lipinski definition) is 0. The zero-order valence-electron chi connectivity index (χ0n) is 8.03. The predicted molar refractivity (Wildman–Crippen MR) is 51.8 cm³/mol. The summed E-state index contributed by atoms with van der Waals surface area (Å²) in [5, 5.41) is 0. The molecule has 0 aliphatic carbocycles. The zero-order valence-corrected chi connectivity index (χ0v) is 14.4. The van der Waals surface area contributed by atoms with Crippen LogP contribution in [-0.4, -0.2) is 12.6 Å². The predicted octanol–water partition coefficient (Wildman–Crippen LogP) is 2.08. The smallest absolute Gasteiger partial charge is 0.335 e.